The van der Waals surface area contributed by atoms with Gasteiger partial charge in [-0.05, 0) is 13.8 Å². The molecule has 0 fully saturated rings. The minimum absolute atomic E-state index is 0.311. The van der Waals surface area contributed by atoms with Gasteiger partial charge in [0.25, 0.3) is 0 Å². The molecule has 0 saturated heterocycles. The number of hydrogen-bond acceptors (Lipinski definition) is 3. The molecule has 1 aromatic heterocycles. The van der Waals surface area contributed by atoms with Gasteiger partial charge >= 0.3 is 0 Å². The molecule has 0 unspecified atom stereocenters. The van der Waals surface area contributed by atoms with Crippen LogP contribution in [0.4, 0.5) is 0 Å². The summed E-state index contributed by atoms with van der Waals surface area (Å²) in [6.07, 6.45) is 0.311. The second kappa shape index (κ2) is 4.23. The first kappa shape index (κ1) is 10.7. The summed E-state index contributed by atoms with van der Waals surface area (Å²) in [6, 6.07) is 0. The van der Waals surface area contributed by atoms with E-state index in [1.807, 2.05) is 13.8 Å². The van der Waals surface area contributed by atoms with Gasteiger partial charge in [-0.1, -0.05) is 0 Å². The van der Waals surface area contributed by atoms with Gasteiger partial charge in [0, 0.05) is 30.8 Å². The Kier molecular flexibility index (Phi) is 3.24. The second-order valence-corrected chi connectivity index (χ2v) is 3.29. The molecule has 1 aromatic rings. The van der Waals surface area contributed by atoms with Gasteiger partial charge < -0.3 is 11.5 Å². The maximum atomic E-state index is 10.6. The minimum Gasteiger partial charge on any atom is -0.370 e. The van der Waals surface area contributed by atoms with Crippen LogP contribution in [-0.2, 0) is 17.9 Å². The van der Waals surface area contributed by atoms with Crippen LogP contribution in [0.25, 0.3) is 0 Å². The number of carbonyl (C=O) groups excluding carboxylic acids is 1. The zero-order chi connectivity index (χ0) is 10.7. The molecule has 5 nitrogen and oxygen atoms in total. The van der Waals surface area contributed by atoms with Crippen molar-refractivity contribution < 1.29 is 4.79 Å². The van der Waals surface area contributed by atoms with Crippen LogP contribution in [0.2, 0.25) is 0 Å². The number of nitrogens with two attached hydrogens (primary N) is 2. The Bertz CT molecular complexity index is 343. The number of rotatable bonds is 4. The predicted molar refractivity (Wildman–Crippen MR) is 53.4 cm³/mol. The highest BCUT2D eigenvalue weighted by Crippen LogP contribution is 2.11. The molecule has 0 aliphatic carbocycles. The number of amides is 1. The Labute approximate surface area is 83.1 Å². The summed E-state index contributed by atoms with van der Waals surface area (Å²) in [5.41, 5.74) is 13.6. The van der Waals surface area contributed by atoms with Gasteiger partial charge in [-0.2, -0.15) is 5.10 Å². The zero-order valence-corrected chi connectivity index (χ0v) is 8.58. The largest absolute Gasteiger partial charge is 0.370 e. The number of hydrogen-bond donors (Lipinski definition) is 2. The van der Waals surface area contributed by atoms with Crippen molar-refractivity contribution in [2.75, 3.05) is 0 Å². The van der Waals surface area contributed by atoms with E-state index in [2.05, 4.69) is 5.10 Å². The lowest BCUT2D eigenvalue weighted by molar-refractivity contribution is -0.118. The third-order valence-electron chi connectivity index (χ3n) is 2.31. The second-order valence-electron chi connectivity index (χ2n) is 3.29. The summed E-state index contributed by atoms with van der Waals surface area (Å²) in [6.45, 7) is 4.87. The summed E-state index contributed by atoms with van der Waals surface area (Å²) in [5, 5.41) is 4.28. The number of aromatic nitrogens is 2. The highest BCUT2D eigenvalue weighted by molar-refractivity contribution is 5.73. The first-order valence-corrected chi connectivity index (χ1v) is 4.57. The minimum atomic E-state index is -0.313. The summed E-state index contributed by atoms with van der Waals surface area (Å²) >= 11 is 0. The summed E-state index contributed by atoms with van der Waals surface area (Å²) < 4.78 is 1.78. The molecule has 0 aliphatic rings. The zero-order valence-electron chi connectivity index (χ0n) is 8.58. The Balaban J connectivity index is 2.83. The molecule has 0 spiro atoms. The molecule has 0 radical (unpaired) electrons. The molecule has 0 aromatic carbocycles. The number of primary amides is 1. The van der Waals surface area contributed by atoms with E-state index in [9.17, 15) is 4.79 Å². The van der Waals surface area contributed by atoms with Crippen molar-refractivity contribution >= 4 is 5.91 Å². The van der Waals surface area contributed by atoms with E-state index < -0.39 is 0 Å². The van der Waals surface area contributed by atoms with E-state index in [0.717, 1.165) is 17.0 Å². The van der Waals surface area contributed by atoms with Crippen LogP contribution in [0.3, 0.4) is 0 Å². The first-order chi connectivity index (χ1) is 6.56. The summed E-state index contributed by atoms with van der Waals surface area (Å²) in [5.74, 6) is -0.313. The fraction of sp³-hybridized carbons (Fsp3) is 0.556. The molecular weight excluding hydrogens is 180 g/mol. The predicted octanol–water partition coefficient (Wildman–Crippen LogP) is -0.166. The van der Waals surface area contributed by atoms with E-state index in [0.29, 0.717) is 19.5 Å². The van der Waals surface area contributed by atoms with E-state index in [1.165, 1.54) is 0 Å². The molecule has 0 saturated carbocycles. The molecule has 0 atom stereocenters. The van der Waals surface area contributed by atoms with Gasteiger partial charge in [0.2, 0.25) is 5.91 Å². The molecule has 5 heteroatoms. The topological polar surface area (TPSA) is 86.9 Å². The Morgan fingerprint density at radius 2 is 2.14 bits per heavy atom. The van der Waals surface area contributed by atoms with Crippen molar-refractivity contribution in [3.63, 3.8) is 0 Å². The average molecular weight is 196 g/mol. The number of aryl methyl sites for hydroxylation is 2. The van der Waals surface area contributed by atoms with E-state index in [4.69, 9.17) is 11.5 Å². The van der Waals surface area contributed by atoms with Crippen molar-refractivity contribution in [3.05, 3.63) is 17.0 Å². The van der Waals surface area contributed by atoms with Crippen molar-refractivity contribution in [1.82, 2.24) is 9.78 Å². The van der Waals surface area contributed by atoms with Crippen LogP contribution in [0, 0.1) is 13.8 Å². The lowest BCUT2D eigenvalue weighted by Gasteiger charge is -2.02. The molecule has 1 rings (SSSR count). The molecule has 0 aliphatic heterocycles. The highest BCUT2D eigenvalue weighted by Gasteiger charge is 2.09. The lowest BCUT2D eigenvalue weighted by Crippen LogP contribution is -2.15. The smallest absolute Gasteiger partial charge is 0.219 e. The van der Waals surface area contributed by atoms with Gasteiger partial charge in [0.1, 0.15) is 0 Å². The van der Waals surface area contributed by atoms with Gasteiger partial charge in [0.05, 0.1) is 5.69 Å². The summed E-state index contributed by atoms with van der Waals surface area (Å²) in [7, 11) is 0. The van der Waals surface area contributed by atoms with E-state index >= 15 is 0 Å². The third kappa shape index (κ3) is 2.11. The molecule has 4 N–H and O–H groups in total. The van der Waals surface area contributed by atoms with Crippen molar-refractivity contribution in [2.24, 2.45) is 11.5 Å². The maximum absolute atomic E-state index is 10.6. The quantitative estimate of drug-likeness (QED) is 0.701. The van der Waals surface area contributed by atoms with Crippen molar-refractivity contribution in [1.29, 1.82) is 0 Å². The van der Waals surface area contributed by atoms with E-state index in [1.54, 1.807) is 4.68 Å². The van der Waals surface area contributed by atoms with Gasteiger partial charge in [0.15, 0.2) is 0 Å². The maximum Gasteiger partial charge on any atom is 0.219 e. The average Bonchev–Trinajstić information content (AvgIpc) is 2.38. The lowest BCUT2D eigenvalue weighted by atomic mass is 10.2. The van der Waals surface area contributed by atoms with Crippen LogP contribution in [0.5, 0.6) is 0 Å². The van der Waals surface area contributed by atoms with E-state index in [-0.39, 0.29) is 5.91 Å². The third-order valence-corrected chi connectivity index (χ3v) is 2.31. The monoisotopic (exact) mass is 196 g/mol. The molecule has 1 amide bonds. The fourth-order valence-electron chi connectivity index (χ4n) is 1.46. The van der Waals surface area contributed by atoms with Crippen LogP contribution in [0.15, 0.2) is 0 Å². The van der Waals surface area contributed by atoms with Crippen LogP contribution in [0.1, 0.15) is 23.4 Å². The fourth-order valence-corrected chi connectivity index (χ4v) is 1.46. The standard InChI is InChI=1S/C9H16N4O/c1-6-8(5-10)7(2)13(12-6)4-3-9(11)14/h3-5,10H2,1-2H3,(H2,11,14). The molecular formula is C9H16N4O. The number of nitrogens with zero attached hydrogens (tertiary/aromatic N) is 2. The first-order valence-electron chi connectivity index (χ1n) is 4.57. The van der Waals surface area contributed by atoms with Gasteiger partial charge in [-0.3, -0.25) is 9.48 Å². The normalized spacial score (nSPS) is 10.5. The van der Waals surface area contributed by atoms with Gasteiger partial charge in [-0.25, -0.2) is 0 Å². The SMILES string of the molecule is Cc1nn(CCC(N)=O)c(C)c1CN. The summed E-state index contributed by atoms with van der Waals surface area (Å²) in [4.78, 5) is 10.6. The Hall–Kier alpha value is -1.36. The molecule has 1 heterocycles. The van der Waals surface area contributed by atoms with Crippen LogP contribution >= 0.6 is 0 Å². The van der Waals surface area contributed by atoms with Crippen molar-refractivity contribution in [3.8, 4) is 0 Å². The highest BCUT2D eigenvalue weighted by atomic mass is 16.1. The Morgan fingerprint density at radius 3 is 2.57 bits per heavy atom. The molecule has 14 heavy (non-hydrogen) atoms. The van der Waals surface area contributed by atoms with Crippen LogP contribution in [-0.4, -0.2) is 15.7 Å². The molecule has 0 bridgehead atoms. The molecule has 78 valence electrons. The Morgan fingerprint density at radius 1 is 1.50 bits per heavy atom. The van der Waals surface area contributed by atoms with Crippen molar-refractivity contribution in [2.45, 2.75) is 33.4 Å². The van der Waals surface area contributed by atoms with Gasteiger partial charge in [-0.15, -0.1) is 0 Å². The number of carbonyl (C=O) groups is 1. The van der Waals surface area contributed by atoms with Crippen LogP contribution < -0.4 is 11.5 Å².